The number of ketones is 1. The number of hydrogen-bond donors (Lipinski definition) is 0. The van der Waals surface area contributed by atoms with Crippen molar-refractivity contribution in [3.05, 3.63) is 94.8 Å². The van der Waals surface area contributed by atoms with E-state index in [-0.39, 0.29) is 17.5 Å². The van der Waals surface area contributed by atoms with Crippen LogP contribution in [0.5, 0.6) is 0 Å². The lowest BCUT2D eigenvalue weighted by atomic mass is 9.85. The summed E-state index contributed by atoms with van der Waals surface area (Å²) in [5.41, 5.74) is 3.10. The quantitative estimate of drug-likeness (QED) is 0.259. The summed E-state index contributed by atoms with van der Waals surface area (Å²) >= 11 is 0. The van der Waals surface area contributed by atoms with Gasteiger partial charge in [-0.1, -0.05) is 62.4 Å². The SMILES string of the molecule is CC(=O)C(CC(C)C)c1cc(/C=C/c2ccc(F)cc2)cc(-c2ccc(C(F)(F)F)cc2)c1. The largest absolute Gasteiger partial charge is 0.416 e. The fourth-order valence-corrected chi connectivity index (χ4v) is 3.77. The lowest BCUT2D eigenvalue weighted by Gasteiger charge is -2.19. The number of alkyl halides is 3. The number of rotatable bonds is 7. The summed E-state index contributed by atoms with van der Waals surface area (Å²) < 4.78 is 52.1. The van der Waals surface area contributed by atoms with Crippen molar-refractivity contribution < 1.29 is 22.4 Å². The number of carbonyl (C=O) groups is 1. The summed E-state index contributed by atoms with van der Waals surface area (Å²) in [7, 11) is 0. The molecule has 0 aliphatic heterocycles. The molecule has 0 bridgehead atoms. The van der Waals surface area contributed by atoms with Crippen LogP contribution in [0, 0.1) is 11.7 Å². The molecule has 0 saturated heterocycles. The maximum Gasteiger partial charge on any atom is 0.416 e. The van der Waals surface area contributed by atoms with Crippen LogP contribution in [0.1, 0.15) is 55.4 Å². The van der Waals surface area contributed by atoms with E-state index in [1.165, 1.54) is 24.3 Å². The highest BCUT2D eigenvalue weighted by Crippen LogP contribution is 2.34. The second-order valence-electron chi connectivity index (χ2n) is 8.64. The van der Waals surface area contributed by atoms with Crippen molar-refractivity contribution in [3.8, 4) is 11.1 Å². The topological polar surface area (TPSA) is 17.1 Å². The standard InChI is InChI=1S/C28H26F4O/c1-18(2)14-27(19(3)33)24-16-21(5-4-20-6-12-26(29)13-7-20)15-23(17-24)22-8-10-25(11-9-22)28(30,31)32/h4-13,15-18,27H,14H2,1-3H3/b5-4+. The van der Waals surface area contributed by atoms with Crippen molar-refractivity contribution in [3.63, 3.8) is 0 Å². The number of benzene rings is 3. The van der Waals surface area contributed by atoms with Gasteiger partial charge in [-0.15, -0.1) is 0 Å². The van der Waals surface area contributed by atoms with Crippen LogP contribution in [0.25, 0.3) is 23.3 Å². The van der Waals surface area contributed by atoms with Crippen molar-refractivity contribution in [2.75, 3.05) is 0 Å². The van der Waals surface area contributed by atoms with Crippen LogP contribution in [0.4, 0.5) is 17.6 Å². The first-order valence-corrected chi connectivity index (χ1v) is 10.8. The Labute approximate surface area is 191 Å². The molecular formula is C28H26F4O. The molecule has 3 aromatic carbocycles. The lowest BCUT2D eigenvalue weighted by Crippen LogP contribution is -2.12. The van der Waals surface area contributed by atoms with Gasteiger partial charge < -0.3 is 0 Å². The summed E-state index contributed by atoms with van der Waals surface area (Å²) in [5, 5.41) is 0. The molecule has 0 aromatic heterocycles. The molecule has 0 amide bonds. The fraction of sp³-hybridized carbons (Fsp3) is 0.250. The number of hydrogen-bond acceptors (Lipinski definition) is 1. The molecule has 0 saturated carbocycles. The first kappa shape index (κ1) is 24.4. The molecule has 3 aromatic rings. The van der Waals surface area contributed by atoms with Gasteiger partial charge >= 0.3 is 6.18 Å². The van der Waals surface area contributed by atoms with E-state index in [2.05, 4.69) is 0 Å². The zero-order valence-electron chi connectivity index (χ0n) is 18.8. The van der Waals surface area contributed by atoms with Crippen molar-refractivity contribution in [2.45, 2.75) is 39.3 Å². The van der Waals surface area contributed by atoms with Crippen LogP contribution in [0.15, 0.2) is 66.7 Å². The minimum Gasteiger partial charge on any atom is -0.299 e. The Kier molecular flexibility index (Phi) is 7.52. The Morgan fingerprint density at radius 1 is 0.848 bits per heavy atom. The van der Waals surface area contributed by atoms with E-state index < -0.39 is 11.7 Å². The molecule has 1 unspecified atom stereocenters. The van der Waals surface area contributed by atoms with Crippen LogP contribution < -0.4 is 0 Å². The molecule has 0 N–H and O–H groups in total. The molecule has 0 heterocycles. The zero-order valence-corrected chi connectivity index (χ0v) is 18.8. The van der Waals surface area contributed by atoms with Gasteiger partial charge in [0.25, 0.3) is 0 Å². The highest BCUT2D eigenvalue weighted by molar-refractivity contribution is 5.85. The molecule has 1 atom stereocenters. The third kappa shape index (κ3) is 6.64. The molecule has 0 aliphatic rings. The smallest absolute Gasteiger partial charge is 0.299 e. The molecule has 172 valence electrons. The summed E-state index contributed by atoms with van der Waals surface area (Å²) in [5.74, 6) is -0.289. The monoisotopic (exact) mass is 454 g/mol. The molecule has 0 aliphatic carbocycles. The van der Waals surface area contributed by atoms with E-state index in [1.807, 2.05) is 44.2 Å². The Morgan fingerprint density at radius 2 is 1.45 bits per heavy atom. The van der Waals surface area contributed by atoms with E-state index >= 15 is 0 Å². The van der Waals surface area contributed by atoms with Crippen LogP contribution in [-0.4, -0.2) is 5.78 Å². The van der Waals surface area contributed by atoms with Gasteiger partial charge in [-0.2, -0.15) is 13.2 Å². The van der Waals surface area contributed by atoms with E-state index in [4.69, 9.17) is 0 Å². The minimum atomic E-state index is -4.40. The van der Waals surface area contributed by atoms with Gasteiger partial charge in [0.2, 0.25) is 0 Å². The van der Waals surface area contributed by atoms with Crippen molar-refractivity contribution in [1.29, 1.82) is 0 Å². The van der Waals surface area contributed by atoms with Gasteiger partial charge in [0.15, 0.2) is 0 Å². The number of carbonyl (C=O) groups excluding carboxylic acids is 1. The third-order valence-corrected chi connectivity index (χ3v) is 5.46. The van der Waals surface area contributed by atoms with Gasteiger partial charge in [-0.25, -0.2) is 4.39 Å². The van der Waals surface area contributed by atoms with Crippen LogP contribution in [-0.2, 0) is 11.0 Å². The Bertz CT molecular complexity index is 1120. The van der Waals surface area contributed by atoms with Crippen LogP contribution >= 0.6 is 0 Å². The van der Waals surface area contributed by atoms with Crippen LogP contribution in [0.3, 0.4) is 0 Å². The average molecular weight is 455 g/mol. The van der Waals surface area contributed by atoms with E-state index in [1.54, 1.807) is 19.1 Å². The molecule has 5 heteroatoms. The maximum absolute atomic E-state index is 13.2. The summed E-state index contributed by atoms with van der Waals surface area (Å²) in [4.78, 5) is 12.4. The third-order valence-electron chi connectivity index (χ3n) is 5.46. The number of halogens is 4. The molecule has 0 spiro atoms. The Hall–Kier alpha value is -3.21. The maximum atomic E-state index is 13.2. The highest BCUT2D eigenvalue weighted by Gasteiger charge is 2.30. The van der Waals surface area contributed by atoms with Crippen molar-refractivity contribution >= 4 is 17.9 Å². The Balaban J connectivity index is 2.06. The van der Waals surface area contributed by atoms with E-state index in [9.17, 15) is 22.4 Å². The van der Waals surface area contributed by atoms with Gasteiger partial charge in [0.05, 0.1) is 5.56 Å². The summed E-state index contributed by atoms with van der Waals surface area (Å²) in [6.07, 6.45) is -0.0372. The summed E-state index contributed by atoms with van der Waals surface area (Å²) in [6.45, 7) is 5.65. The second kappa shape index (κ2) is 10.2. The van der Waals surface area contributed by atoms with Gasteiger partial charge in [-0.05, 0) is 77.4 Å². The fourth-order valence-electron chi connectivity index (χ4n) is 3.77. The zero-order chi connectivity index (χ0) is 24.2. The van der Waals surface area contributed by atoms with Gasteiger partial charge in [-0.3, -0.25) is 4.79 Å². The predicted molar refractivity (Wildman–Crippen MR) is 125 cm³/mol. The molecule has 0 radical (unpaired) electrons. The van der Waals surface area contributed by atoms with Gasteiger partial charge in [0, 0.05) is 5.92 Å². The van der Waals surface area contributed by atoms with E-state index in [0.29, 0.717) is 17.9 Å². The predicted octanol–water partition coefficient (Wildman–Crippen LogP) is 8.40. The molecule has 1 nitrogen and oxygen atoms in total. The minimum absolute atomic E-state index is 0.0433. The first-order chi connectivity index (χ1) is 15.5. The van der Waals surface area contributed by atoms with E-state index in [0.717, 1.165) is 34.4 Å². The average Bonchev–Trinajstić information content (AvgIpc) is 2.76. The molecular weight excluding hydrogens is 428 g/mol. The van der Waals surface area contributed by atoms with Gasteiger partial charge in [0.1, 0.15) is 11.6 Å². The van der Waals surface area contributed by atoms with Crippen molar-refractivity contribution in [1.82, 2.24) is 0 Å². The number of Topliss-reactive ketones (excluding diaryl/α,β-unsaturated/α-hetero) is 1. The normalized spacial score (nSPS) is 13.0. The molecule has 0 fully saturated rings. The lowest BCUT2D eigenvalue weighted by molar-refractivity contribution is -0.137. The van der Waals surface area contributed by atoms with Crippen LogP contribution in [0.2, 0.25) is 0 Å². The summed E-state index contributed by atoms with van der Waals surface area (Å²) in [6, 6.07) is 16.8. The molecule has 33 heavy (non-hydrogen) atoms. The van der Waals surface area contributed by atoms with Crippen molar-refractivity contribution in [2.24, 2.45) is 5.92 Å². The molecule has 3 rings (SSSR count). The Morgan fingerprint density at radius 3 is 2.00 bits per heavy atom. The first-order valence-electron chi connectivity index (χ1n) is 10.8. The highest BCUT2D eigenvalue weighted by atomic mass is 19.4. The second-order valence-corrected chi connectivity index (χ2v) is 8.64.